The summed E-state index contributed by atoms with van der Waals surface area (Å²) < 4.78 is 45.1. The van der Waals surface area contributed by atoms with E-state index in [0.29, 0.717) is 42.3 Å². The number of hydrogen-bond acceptors (Lipinski definition) is 6. The number of alkyl halides is 3. The van der Waals surface area contributed by atoms with Crippen molar-refractivity contribution < 1.29 is 22.7 Å². The van der Waals surface area contributed by atoms with E-state index in [1.54, 1.807) is 9.80 Å². The van der Waals surface area contributed by atoms with Gasteiger partial charge in [0.1, 0.15) is 5.82 Å². The summed E-state index contributed by atoms with van der Waals surface area (Å²) >= 11 is 6.09. The Hall–Kier alpha value is -2.79. The number of benzene rings is 1. The van der Waals surface area contributed by atoms with Crippen molar-refractivity contribution in [2.24, 2.45) is 0 Å². The Labute approximate surface area is 200 Å². The number of nitrogens with one attached hydrogen (secondary N) is 1. The lowest BCUT2D eigenvalue weighted by atomic mass is 10.1. The van der Waals surface area contributed by atoms with E-state index < -0.39 is 11.7 Å². The molecule has 34 heavy (non-hydrogen) atoms. The SMILES string of the molecule is CCCC1CN(C(=O)N2Cc3nc(Cl)nc(NCc4cc(N)cc(C(F)(F)F)c4)c3C2)CCO1. The maximum Gasteiger partial charge on any atom is 0.416 e. The molecule has 1 aromatic heterocycles. The van der Waals surface area contributed by atoms with E-state index >= 15 is 0 Å². The molecule has 2 aliphatic rings. The number of amides is 2. The Balaban J connectivity index is 1.47. The number of nitrogens with two attached hydrogens (primary N) is 1. The summed E-state index contributed by atoms with van der Waals surface area (Å²) in [6.45, 7) is 4.21. The van der Waals surface area contributed by atoms with Crippen LogP contribution < -0.4 is 11.1 Å². The third-order valence-corrected chi connectivity index (χ3v) is 6.02. The van der Waals surface area contributed by atoms with Gasteiger partial charge >= 0.3 is 12.2 Å². The van der Waals surface area contributed by atoms with Gasteiger partial charge in [0.2, 0.25) is 5.28 Å². The highest BCUT2D eigenvalue weighted by molar-refractivity contribution is 6.28. The molecule has 3 heterocycles. The second-order valence-electron chi connectivity index (χ2n) is 8.45. The first-order valence-corrected chi connectivity index (χ1v) is 11.4. The maximum atomic E-state index is 13.1. The highest BCUT2D eigenvalue weighted by Crippen LogP contribution is 2.33. The second kappa shape index (κ2) is 9.83. The molecule has 0 radical (unpaired) electrons. The van der Waals surface area contributed by atoms with Crippen molar-refractivity contribution in [3.05, 3.63) is 45.9 Å². The fourth-order valence-electron chi connectivity index (χ4n) is 4.27. The summed E-state index contributed by atoms with van der Waals surface area (Å²) in [5.41, 5.74) is 6.50. The summed E-state index contributed by atoms with van der Waals surface area (Å²) in [6.07, 6.45) is -2.61. The van der Waals surface area contributed by atoms with Gasteiger partial charge < -0.3 is 25.6 Å². The first-order valence-electron chi connectivity index (χ1n) is 11.0. The molecule has 0 bridgehead atoms. The molecule has 4 rings (SSSR count). The minimum Gasteiger partial charge on any atom is -0.399 e. The van der Waals surface area contributed by atoms with Gasteiger partial charge in [-0.05, 0) is 41.8 Å². The van der Waals surface area contributed by atoms with Crippen LogP contribution in [0.25, 0.3) is 0 Å². The molecule has 0 aliphatic carbocycles. The molecule has 12 heteroatoms. The van der Waals surface area contributed by atoms with Gasteiger partial charge in [-0.1, -0.05) is 13.3 Å². The average Bonchev–Trinajstić information content (AvgIpc) is 3.20. The average molecular weight is 499 g/mol. The standard InChI is InChI=1S/C22H26ClF3N6O2/c1-2-3-16-10-31(4-5-34-16)21(33)32-11-17-18(12-32)29-20(23)30-19(17)28-9-13-6-14(22(24,25)26)8-15(27)7-13/h6-8,16H,2-5,9-12,27H2,1H3,(H,28,29,30). The van der Waals surface area contributed by atoms with Crippen LogP contribution in [-0.4, -0.2) is 51.6 Å². The van der Waals surface area contributed by atoms with Crippen LogP contribution in [0.4, 0.5) is 29.5 Å². The number of halogens is 4. The number of aromatic nitrogens is 2. The lowest BCUT2D eigenvalue weighted by Crippen LogP contribution is -2.49. The Morgan fingerprint density at radius 2 is 2.06 bits per heavy atom. The molecule has 1 saturated heterocycles. The van der Waals surface area contributed by atoms with Gasteiger partial charge in [0.15, 0.2) is 0 Å². The zero-order valence-electron chi connectivity index (χ0n) is 18.7. The predicted molar refractivity (Wildman–Crippen MR) is 121 cm³/mol. The number of morpholine rings is 1. The van der Waals surface area contributed by atoms with Crippen LogP contribution in [0.3, 0.4) is 0 Å². The number of anilines is 2. The van der Waals surface area contributed by atoms with Gasteiger partial charge in [-0.15, -0.1) is 0 Å². The number of ether oxygens (including phenoxy) is 1. The van der Waals surface area contributed by atoms with E-state index in [1.807, 2.05) is 0 Å². The zero-order valence-corrected chi connectivity index (χ0v) is 19.4. The number of rotatable bonds is 5. The van der Waals surface area contributed by atoms with Crippen molar-refractivity contribution in [2.75, 3.05) is 30.7 Å². The quantitative estimate of drug-likeness (QED) is 0.472. The molecule has 1 aromatic carbocycles. The van der Waals surface area contributed by atoms with Crippen LogP contribution in [0.2, 0.25) is 5.28 Å². The van der Waals surface area contributed by atoms with Crippen molar-refractivity contribution in [2.45, 2.75) is 51.7 Å². The minimum atomic E-state index is -4.50. The van der Waals surface area contributed by atoms with E-state index in [9.17, 15) is 18.0 Å². The molecule has 184 valence electrons. The Morgan fingerprint density at radius 1 is 1.26 bits per heavy atom. The van der Waals surface area contributed by atoms with E-state index in [4.69, 9.17) is 22.1 Å². The summed E-state index contributed by atoms with van der Waals surface area (Å²) in [7, 11) is 0. The molecule has 0 saturated carbocycles. The van der Waals surface area contributed by atoms with Crippen molar-refractivity contribution in [1.29, 1.82) is 0 Å². The van der Waals surface area contributed by atoms with Crippen molar-refractivity contribution in [1.82, 2.24) is 19.8 Å². The first kappa shape index (κ1) is 24.3. The number of carbonyl (C=O) groups is 1. The Bertz CT molecular complexity index is 1070. The molecule has 1 unspecified atom stereocenters. The number of hydrogen-bond donors (Lipinski definition) is 2. The highest BCUT2D eigenvalue weighted by Gasteiger charge is 2.34. The molecule has 0 spiro atoms. The van der Waals surface area contributed by atoms with Crippen LogP contribution in [0.5, 0.6) is 0 Å². The summed E-state index contributed by atoms with van der Waals surface area (Å²) in [6, 6.07) is 3.28. The van der Waals surface area contributed by atoms with Crippen LogP contribution in [0.1, 0.15) is 42.1 Å². The van der Waals surface area contributed by atoms with Gasteiger partial charge in [0.05, 0.1) is 37.1 Å². The number of nitrogens with zero attached hydrogens (tertiary/aromatic N) is 4. The predicted octanol–water partition coefficient (Wildman–Crippen LogP) is 4.28. The van der Waals surface area contributed by atoms with Gasteiger partial charge in [0.25, 0.3) is 0 Å². The van der Waals surface area contributed by atoms with Crippen molar-refractivity contribution in [3.63, 3.8) is 0 Å². The summed E-state index contributed by atoms with van der Waals surface area (Å²) in [5, 5.41) is 3.03. The molecule has 1 atom stereocenters. The van der Waals surface area contributed by atoms with Crippen LogP contribution >= 0.6 is 11.6 Å². The Kier molecular flexibility index (Phi) is 7.04. The smallest absolute Gasteiger partial charge is 0.399 e. The Morgan fingerprint density at radius 3 is 2.79 bits per heavy atom. The maximum absolute atomic E-state index is 13.1. The molecule has 3 N–H and O–H groups in total. The van der Waals surface area contributed by atoms with Gasteiger partial charge in [-0.25, -0.2) is 14.8 Å². The van der Waals surface area contributed by atoms with E-state index in [2.05, 4.69) is 22.2 Å². The molecular weight excluding hydrogens is 473 g/mol. The summed E-state index contributed by atoms with van der Waals surface area (Å²) in [5.74, 6) is 0.382. The fourth-order valence-corrected chi connectivity index (χ4v) is 4.45. The monoisotopic (exact) mass is 498 g/mol. The highest BCUT2D eigenvalue weighted by atomic mass is 35.5. The topological polar surface area (TPSA) is 96.6 Å². The molecular formula is C22H26ClF3N6O2. The van der Waals surface area contributed by atoms with E-state index in [0.717, 1.165) is 25.0 Å². The van der Waals surface area contributed by atoms with E-state index in [1.165, 1.54) is 6.07 Å². The number of nitrogen functional groups attached to an aromatic ring is 1. The number of fused-ring (bicyclic) bond motifs is 1. The van der Waals surface area contributed by atoms with Gasteiger partial charge in [0, 0.05) is 30.9 Å². The third-order valence-electron chi connectivity index (χ3n) is 5.85. The molecule has 2 aliphatic heterocycles. The van der Waals surface area contributed by atoms with Crippen molar-refractivity contribution in [3.8, 4) is 0 Å². The largest absolute Gasteiger partial charge is 0.416 e. The zero-order chi connectivity index (χ0) is 24.5. The normalized spacial score (nSPS) is 18.2. The lowest BCUT2D eigenvalue weighted by Gasteiger charge is -2.35. The van der Waals surface area contributed by atoms with Gasteiger partial charge in [-0.3, -0.25) is 0 Å². The molecule has 2 amide bonds. The second-order valence-corrected chi connectivity index (χ2v) is 8.79. The molecule has 8 nitrogen and oxygen atoms in total. The molecule has 1 fully saturated rings. The van der Waals surface area contributed by atoms with Crippen LogP contribution in [0, 0.1) is 0 Å². The van der Waals surface area contributed by atoms with Crippen LogP contribution in [0.15, 0.2) is 18.2 Å². The summed E-state index contributed by atoms with van der Waals surface area (Å²) in [4.78, 5) is 25.1. The number of carbonyl (C=O) groups excluding carboxylic acids is 1. The van der Waals surface area contributed by atoms with E-state index in [-0.39, 0.29) is 42.7 Å². The lowest BCUT2D eigenvalue weighted by molar-refractivity contribution is -0.137. The number of urea groups is 1. The van der Waals surface area contributed by atoms with Crippen molar-refractivity contribution >= 4 is 29.1 Å². The fraction of sp³-hybridized carbons (Fsp3) is 0.500. The van der Waals surface area contributed by atoms with Gasteiger partial charge in [-0.2, -0.15) is 13.2 Å². The minimum absolute atomic E-state index is 0.00603. The first-order chi connectivity index (χ1) is 16.1. The molecule has 2 aromatic rings. The van der Waals surface area contributed by atoms with Crippen LogP contribution in [-0.2, 0) is 30.5 Å². The third kappa shape index (κ3) is 5.47.